The largest absolute Gasteiger partial charge is 0.295 e. The standard InChI is InChI=1S/C9H13N3OS/c1-12-9(14-2)10-8(13)7(11-12)6-4-3-5-6/h6H,3-5H2,1-2H3. The third-order valence-electron chi connectivity index (χ3n) is 2.63. The Hall–Kier alpha value is -0.840. The van der Waals surface area contributed by atoms with E-state index in [0.717, 1.165) is 12.8 Å². The van der Waals surface area contributed by atoms with Gasteiger partial charge in [-0.1, -0.05) is 18.2 Å². The fourth-order valence-electron chi connectivity index (χ4n) is 1.58. The second-order valence-corrected chi connectivity index (χ2v) is 4.31. The van der Waals surface area contributed by atoms with Gasteiger partial charge in [-0.15, -0.1) is 0 Å². The van der Waals surface area contributed by atoms with E-state index in [0.29, 0.717) is 16.8 Å². The Morgan fingerprint density at radius 1 is 1.50 bits per heavy atom. The topological polar surface area (TPSA) is 47.8 Å². The molecule has 0 saturated heterocycles. The molecule has 1 aliphatic carbocycles. The highest BCUT2D eigenvalue weighted by Gasteiger charge is 2.24. The van der Waals surface area contributed by atoms with E-state index >= 15 is 0 Å². The fraction of sp³-hybridized carbons (Fsp3) is 0.667. The first-order valence-corrected chi connectivity index (χ1v) is 5.94. The van der Waals surface area contributed by atoms with Gasteiger partial charge in [-0.25, -0.2) is 4.68 Å². The van der Waals surface area contributed by atoms with Crippen LogP contribution in [-0.2, 0) is 7.05 Å². The third kappa shape index (κ3) is 1.56. The van der Waals surface area contributed by atoms with Gasteiger partial charge < -0.3 is 0 Å². The molecule has 1 aromatic heterocycles. The summed E-state index contributed by atoms with van der Waals surface area (Å²) in [6, 6.07) is 0. The fourth-order valence-corrected chi connectivity index (χ4v) is 2.06. The van der Waals surface area contributed by atoms with E-state index in [9.17, 15) is 4.79 Å². The molecule has 14 heavy (non-hydrogen) atoms. The number of hydrogen-bond acceptors (Lipinski definition) is 4. The highest BCUT2D eigenvalue weighted by molar-refractivity contribution is 7.98. The quantitative estimate of drug-likeness (QED) is 0.689. The van der Waals surface area contributed by atoms with Crippen molar-refractivity contribution in [2.75, 3.05) is 6.26 Å². The van der Waals surface area contributed by atoms with E-state index in [1.165, 1.54) is 18.2 Å². The first-order chi connectivity index (χ1) is 6.72. The Morgan fingerprint density at radius 2 is 2.21 bits per heavy atom. The number of aromatic nitrogens is 3. The Bertz CT molecular complexity index is 398. The van der Waals surface area contributed by atoms with Crippen LogP contribution >= 0.6 is 11.8 Å². The van der Waals surface area contributed by atoms with Crippen molar-refractivity contribution in [2.45, 2.75) is 30.3 Å². The Kier molecular flexibility index (Phi) is 2.58. The second kappa shape index (κ2) is 3.73. The molecule has 4 nitrogen and oxygen atoms in total. The molecule has 0 unspecified atom stereocenters. The molecule has 1 heterocycles. The van der Waals surface area contributed by atoms with Crippen LogP contribution in [-0.4, -0.2) is 21.0 Å². The molecular weight excluding hydrogens is 198 g/mol. The van der Waals surface area contributed by atoms with Crippen molar-refractivity contribution >= 4 is 11.8 Å². The van der Waals surface area contributed by atoms with Gasteiger partial charge in [-0.3, -0.25) is 4.79 Å². The van der Waals surface area contributed by atoms with E-state index in [2.05, 4.69) is 10.1 Å². The van der Waals surface area contributed by atoms with Crippen molar-refractivity contribution in [3.05, 3.63) is 16.0 Å². The summed E-state index contributed by atoms with van der Waals surface area (Å²) >= 11 is 1.44. The maximum atomic E-state index is 11.6. The van der Waals surface area contributed by atoms with Crippen molar-refractivity contribution in [3.8, 4) is 0 Å². The van der Waals surface area contributed by atoms with Gasteiger partial charge in [0.15, 0.2) is 5.16 Å². The van der Waals surface area contributed by atoms with Gasteiger partial charge in [0, 0.05) is 13.0 Å². The van der Waals surface area contributed by atoms with Gasteiger partial charge in [-0.2, -0.15) is 10.1 Å². The average molecular weight is 211 g/mol. The lowest BCUT2D eigenvalue weighted by atomic mass is 9.83. The van der Waals surface area contributed by atoms with Gasteiger partial charge >= 0.3 is 0 Å². The predicted molar refractivity (Wildman–Crippen MR) is 55.6 cm³/mol. The van der Waals surface area contributed by atoms with Crippen LogP contribution in [0, 0.1) is 0 Å². The lowest BCUT2D eigenvalue weighted by molar-refractivity contribution is 0.392. The molecule has 0 bridgehead atoms. The van der Waals surface area contributed by atoms with Crippen LogP contribution < -0.4 is 5.56 Å². The Balaban J connectivity index is 2.41. The molecule has 0 spiro atoms. The first kappa shape index (κ1) is 9.71. The molecule has 0 aromatic carbocycles. The van der Waals surface area contributed by atoms with E-state index in [1.54, 1.807) is 4.68 Å². The van der Waals surface area contributed by atoms with Crippen LogP contribution in [0.15, 0.2) is 9.95 Å². The molecule has 1 aliphatic rings. The minimum Gasteiger partial charge on any atom is -0.265 e. The van der Waals surface area contributed by atoms with E-state index < -0.39 is 0 Å². The zero-order valence-electron chi connectivity index (χ0n) is 8.36. The summed E-state index contributed by atoms with van der Waals surface area (Å²) in [5.41, 5.74) is 0.508. The lowest BCUT2D eigenvalue weighted by Crippen LogP contribution is -2.26. The molecule has 0 radical (unpaired) electrons. The molecule has 1 saturated carbocycles. The molecular formula is C9H13N3OS. The number of aryl methyl sites for hydroxylation is 1. The zero-order chi connectivity index (χ0) is 10.1. The van der Waals surface area contributed by atoms with Crippen LogP contribution in [0.3, 0.4) is 0 Å². The molecule has 0 atom stereocenters. The van der Waals surface area contributed by atoms with Gasteiger partial charge in [0.1, 0.15) is 5.69 Å². The molecule has 0 amide bonds. The zero-order valence-corrected chi connectivity index (χ0v) is 9.17. The molecule has 1 aromatic rings. The number of thioether (sulfide) groups is 1. The monoisotopic (exact) mass is 211 g/mol. The van der Waals surface area contributed by atoms with Crippen LogP contribution in [0.1, 0.15) is 30.9 Å². The highest BCUT2D eigenvalue weighted by atomic mass is 32.2. The van der Waals surface area contributed by atoms with Crippen LogP contribution in [0.25, 0.3) is 0 Å². The molecule has 5 heteroatoms. The van der Waals surface area contributed by atoms with Crippen molar-refractivity contribution in [1.29, 1.82) is 0 Å². The Morgan fingerprint density at radius 3 is 2.71 bits per heavy atom. The SMILES string of the molecule is CSc1nc(=O)c(C2CCC2)nn1C. The van der Waals surface area contributed by atoms with Gasteiger partial charge in [-0.05, 0) is 19.1 Å². The van der Waals surface area contributed by atoms with E-state index in [1.807, 2.05) is 13.3 Å². The third-order valence-corrected chi connectivity index (χ3v) is 3.35. The maximum absolute atomic E-state index is 11.6. The van der Waals surface area contributed by atoms with Crippen molar-refractivity contribution in [1.82, 2.24) is 14.8 Å². The summed E-state index contributed by atoms with van der Waals surface area (Å²) in [5, 5.41) is 4.97. The first-order valence-electron chi connectivity index (χ1n) is 4.71. The highest BCUT2D eigenvalue weighted by Crippen LogP contribution is 2.33. The van der Waals surface area contributed by atoms with Crippen molar-refractivity contribution in [3.63, 3.8) is 0 Å². The van der Waals surface area contributed by atoms with Gasteiger partial charge in [0.2, 0.25) is 0 Å². The summed E-state index contributed by atoms with van der Waals surface area (Å²) in [7, 11) is 1.83. The summed E-state index contributed by atoms with van der Waals surface area (Å²) in [4.78, 5) is 15.6. The minimum absolute atomic E-state index is 0.142. The second-order valence-electron chi connectivity index (χ2n) is 3.54. The van der Waals surface area contributed by atoms with E-state index in [4.69, 9.17) is 0 Å². The van der Waals surface area contributed by atoms with Crippen molar-refractivity contribution < 1.29 is 0 Å². The van der Waals surface area contributed by atoms with Crippen LogP contribution in [0.4, 0.5) is 0 Å². The summed E-state index contributed by atoms with van der Waals surface area (Å²) in [5.74, 6) is 0.358. The van der Waals surface area contributed by atoms with E-state index in [-0.39, 0.29) is 5.56 Å². The number of rotatable bonds is 2. The summed E-state index contributed by atoms with van der Waals surface area (Å²) in [6.07, 6.45) is 5.28. The normalized spacial score (nSPS) is 16.7. The van der Waals surface area contributed by atoms with Crippen LogP contribution in [0.5, 0.6) is 0 Å². The number of nitrogens with zero attached hydrogens (tertiary/aromatic N) is 3. The Labute approximate surface area is 86.7 Å². The molecule has 0 aliphatic heterocycles. The molecule has 2 rings (SSSR count). The van der Waals surface area contributed by atoms with Gasteiger partial charge in [0.25, 0.3) is 5.56 Å². The maximum Gasteiger partial charge on any atom is 0.295 e. The molecule has 76 valence electrons. The number of hydrogen-bond donors (Lipinski definition) is 0. The average Bonchev–Trinajstić information content (AvgIpc) is 2.08. The smallest absolute Gasteiger partial charge is 0.265 e. The van der Waals surface area contributed by atoms with Crippen molar-refractivity contribution in [2.24, 2.45) is 7.05 Å². The lowest BCUT2D eigenvalue weighted by Gasteiger charge is -2.23. The summed E-state index contributed by atoms with van der Waals surface area (Å²) in [6.45, 7) is 0. The molecule has 1 fully saturated rings. The molecule has 0 N–H and O–H groups in total. The minimum atomic E-state index is -0.142. The summed E-state index contributed by atoms with van der Waals surface area (Å²) < 4.78 is 1.69. The van der Waals surface area contributed by atoms with Crippen LogP contribution in [0.2, 0.25) is 0 Å². The predicted octanol–water partition coefficient (Wildman–Crippen LogP) is 1.16. The van der Waals surface area contributed by atoms with Gasteiger partial charge in [0.05, 0.1) is 0 Å².